The second-order valence-corrected chi connectivity index (χ2v) is 7.41. The Kier molecular flexibility index (Phi) is 4.61. The summed E-state index contributed by atoms with van der Waals surface area (Å²) >= 11 is 3.49. The van der Waals surface area contributed by atoms with E-state index in [0.29, 0.717) is 30.1 Å². The number of benzene rings is 2. The molecule has 0 bridgehead atoms. The first-order chi connectivity index (χ1) is 12.6. The molecular formula is C20H18BrFO4. The van der Waals surface area contributed by atoms with Crippen LogP contribution in [0.5, 0.6) is 11.5 Å². The highest BCUT2D eigenvalue weighted by Gasteiger charge is 2.31. The zero-order valence-corrected chi connectivity index (χ0v) is 15.8. The lowest BCUT2D eigenvalue weighted by Crippen LogP contribution is -2.09. The smallest absolute Gasteiger partial charge is 0.306 e. The van der Waals surface area contributed by atoms with Gasteiger partial charge >= 0.3 is 5.97 Å². The van der Waals surface area contributed by atoms with Crippen LogP contribution in [-0.2, 0) is 16.0 Å². The normalized spacial score (nSPS) is 20.3. The third-order valence-corrected chi connectivity index (χ3v) is 5.75. The molecule has 2 aliphatic rings. The van der Waals surface area contributed by atoms with Crippen molar-refractivity contribution in [3.8, 4) is 11.5 Å². The number of hydrogen-bond acceptors (Lipinski definition) is 4. The van der Waals surface area contributed by atoms with Gasteiger partial charge in [0.2, 0.25) is 0 Å². The minimum absolute atomic E-state index is 0.00731. The molecule has 0 spiro atoms. The van der Waals surface area contributed by atoms with Crippen LogP contribution in [0.2, 0.25) is 0 Å². The van der Waals surface area contributed by atoms with Crippen LogP contribution in [0.4, 0.5) is 4.39 Å². The van der Waals surface area contributed by atoms with Crippen LogP contribution in [0, 0.1) is 5.82 Å². The summed E-state index contributed by atoms with van der Waals surface area (Å²) in [6, 6.07) is 8.79. The highest BCUT2D eigenvalue weighted by atomic mass is 79.9. The molecule has 2 aromatic carbocycles. The van der Waals surface area contributed by atoms with E-state index in [1.165, 1.54) is 13.2 Å². The van der Waals surface area contributed by atoms with Crippen molar-refractivity contribution in [2.45, 2.75) is 31.3 Å². The first kappa shape index (κ1) is 17.3. The number of rotatable bonds is 4. The van der Waals surface area contributed by atoms with Gasteiger partial charge in [-0.25, -0.2) is 4.39 Å². The number of methoxy groups -OCH3 is 1. The maximum atomic E-state index is 14.3. The summed E-state index contributed by atoms with van der Waals surface area (Å²) < 4.78 is 31.7. The fraction of sp³-hybridized carbons (Fsp3) is 0.350. The Bertz CT molecular complexity index is 867. The van der Waals surface area contributed by atoms with Crippen molar-refractivity contribution in [1.29, 1.82) is 0 Å². The number of fused-ring (bicyclic) bond motifs is 2. The molecule has 0 N–H and O–H groups in total. The van der Waals surface area contributed by atoms with Crippen LogP contribution >= 0.6 is 15.9 Å². The number of hydrogen-bond donors (Lipinski definition) is 0. The Labute approximate surface area is 159 Å². The molecule has 136 valence electrons. The summed E-state index contributed by atoms with van der Waals surface area (Å²) in [5.74, 6) is 0.854. The zero-order chi connectivity index (χ0) is 18.3. The van der Waals surface area contributed by atoms with E-state index in [9.17, 15) is 9.18 Å². The van der Waals surface area contributed by atoms with Gasteiger partial charge in [0.05, 0.1) is 20.1 Å². The molecule has 26 heavy (non-hydrogen) atoms. The molecule has 0 saturated carbocycles. The molecule has 1 heterocycles. The van der Waals surface area contributed by atoms with E-state index in [2.05, 4.69) is 15.9 Å². The third-order valence-electron chi connectivity index (χ3n) is 5.01. The summed E-state index contributed by atoms with van der Waals surface area (Å²) in [5, 5.41) is 0. The van der Waals surface area contributed by atoms with Crippen molar-refractivity contribution in [2.24, 2.45) is 0 Å². The lowest BCUT2D eigenvalue weighted by atomic mass is 9.98. The number of ether oxygens (including phenoxy) is 3. The molecule has 0 fully saturated rings. The maximum absolute atomic E-state index is 14.3. The van der Waals surface area contributed by atoms with Crippen molar-refractivity contribution < 1.29 is 23.4 Å². The highest BCUT2D eigenvalue weighted by molar-refractivity contribution is 9.10. The van der Waals surface area contributed by atoms with Gasteiger partial charge in [0.1, 0.15) is 23.4 Å². The number of halogens is 2. The van der Waals surface area contributed by atoms with E-state index in [0.717, 1.165) is 28.4 Å². The van der Waals surface area contributed by atoms with Crippen LogP contribution in [-0.4, -0.2) is 19.7 Å². The van der Waals surface area contributed by atoms with Crippen LogP contribution in [0.25, 0.3) is 0 Å². The van der Waals surface area contributed by atoms with E-state index in [-0.39, 0.29) is 23.8 Å². The molecule has 1 aliphatic carbocycles. The summed E-state index contributed by atoms with van der Waals surface area (Å²) in [7, 11) is 1.38. The molecule has 0 saturated heterocycles. The predicted molar refractivity (Wildman–Crippen MR) is 97.1 cm³/mol. The lowest BCUT2D eigenvalue weighted by Gasteiger charge is -2.16. The molecule has 2 atom stereocenters. The summed E-state index contributed by atoms with van der Waals surface area (Å²) in [4.78, 5) is 11.5. The predicted octanol–water partition coefficient (Wildman–Crippen LogP) is 4.69. The van der Waals surface area contributed by atoms with Crippen LogP contribution in [0.1, 0.15) is 41.6 Å². The highest BCUT2D eigenvalue weighted by Crippen LogP contribution is 2.43. The van der Waals surface area contributed by atoms with Gasteiger partial charge in [0, 0.05) is 27.6 Å². The van der Waals surface area contributed by atoms with E-state index < -0.39 is 0 Å². The Hall–Kier alpha value is -2.08. The number of esters is 1. The van der Waals surface area contributed by atoms with Gasteiger partial charge in [-0.1, -0.05) is 22.0 Å². The van der Waals surface area contributed by atoms with Gasteiger partial charge in [-0.15, -0.1) is 0 Å². The zero-order valence-electron chi connectivity index (χ0n) is 14.3. The average Bonchev–Trinajstić information content (AvgIpc) is 3.23. The minimum atomic E-state index is -0.312. The van der Waals surface area contributed by atoms with Gasteiger partial charge < -0.3 is 14.2 Å². The Morgan fingerprint density at radius 2 is 2.19 bits per heavy atom. The van der Waals surface area contributed by atoms with Crippen molar-refractivity contribution >= 4 is 21.9 Å². The summed E-state index contributed by atoms with van der Waals surface area (Å²) in [6.45, 7) is 0.446. The van der Waals surface area contributed by atoms with Gasteiger partial charge in [-0.2, -0.15) is 0 Å². The molecule has 2 aromatic rings. The second-order valence-electron chi connectivity index (χ2n) is 6.55. The Morgan fingerprint density at radius 3 is 3.00 bits per heavy atom. The van der Waals surface area contributed by atoms with Crippen LogP contribution in [0.15, 0.2) is 34.8 Å². The maximum Gasteiger partial charge on any atom is 0.306 e. The van der Waals surface area contributed by atoms with E-state index in [1.54, 1.807) is 6.07 Å². The molecule has 4 rings (SSSR count). The fourth-order valence-corrected chi connectivity index (χ4v) is 4.24. The second kappa shape index (κ2) is 6.91. The molecule has 0 radical (unpaired) electrons. The standard InChI is InChI=1S/C20H18BrFO4/c1-24-19(23)8-11-10-25-18-9-12(2-3-13(11)18)26-17-7-4-14-15(21)5-6-16(22)20(14)17/h2-3,5-6,9,11,17H,4,7-8,10H2,1H3. The minimum Gasteiger partial charge on any atom is -0.492 e. The summed E-state index contributed by atoms with van der Waals surface area (Å²) in [6.07, 6.45) is 1.49. The van der Waals surface area contributed by atoms with Gasteiger partial charge in [0.15, 0.2) is 0 Å². The lowest BCUT2D eigenvalue weighted by molar-refractivity contribution is -0.141. The van der Waals surface area contributed by atoms with E-state index >= 15 is 0 Å². The molecule has 6 heteroatoms. The quantitative estimate of drug-likeness (QED) is 0.672. The van der Waals surface area contributed by atoms with Crippen molar-refractivity contribution in [2.75, 3.05) is 13.7 Å². The molecule has 0 aromatic heterocycles. The number of carbonyl (C=O) groups is 1. The topological polar surface area (TPSA) is 44.8 Å². The Morgan fingerprint density at radius 1 is 1.35 bits per heavy atom. The average molecular weight is 421 g/mol. The summed E-state index contributed by atoms with van der Waals surface area (Å²) in [5.41, 5.74) is 2.58. The van der Waals surface area contributed by atoms with Crippen LogP contribution in [0.3, 0.4) is 0 Å². The molecule has 1 aliphatic heterocycles. The Balaban J connectivity index is 1.54. The van der Waals surface area contributed by atoms with Crippen molar-refractivity contribution in [3.63, 3.8) is 0 Å². The fourth-order valence-electron chi connectivity index (χ4n) is 3.70. The van der Waals surface area contributed by atoms with Crippen molar-refractivity contribution in [3.05, 3.63) is 57.3 Å². The largest absolute Gasteiger partial charge is 0.492 e. The molecule has 0 amide bonds. The van der Waals surface area contributed by atoms with Crippen molar-refractivity contribution in [1.82, 2.24) is 0 Å². The van der Waals surface area contributed by atoms with E-state index in [1.807, 2.05) is 18.2 Å². The third kappa shape index (κ3) is 3.07. The first-order valence-electron chi connectivity index (χ1n) is 8.54. The van der Waals surface area contributed by atoms with E-state index in [4.69, 9.17) is 14.2 Å². The first-order valence-corrected chi connectivity index (χ1v) is 9.33. The molecule has 2 unspecified atom stereocenters. The van der Waals surface area contributed by atoms with Gasteiger partial charge in [-0.3, -0.25) is 4.79 Å². The molecule has 4 nitrogen and oxygen atoms in total. The SMILES string of the molecule is COC(=O)CC1COc2cc(OC3CCc4c(Br)ccc(F)c43)ccc21. The van der Waals surface area contributed by atoms with Crippen LogP contribution < -0.4 is 9.47 Å². The van der Waals surface area contributed by atoms with Gasteiger partial charge in [0.25, 0.3) is 0 Å². The number of carbonyl (C=O) groups excluding carboxylic acids is 1. The molecular weight excluding hydrogens is 403 g/mol. The van der Waals surface area contributed by atoms with Gasteiger partial charge in [-0.05, 0) is 36.6 Å². The monoisotopic (exact) mass is 420 g/mol.